The molecular weight excluding hydrogens is 368 g/mol. The summed E-state index contributed by atoms with van der Waals surface area (Å²) in [5, 5.41) is 8.91. The van der Waals surface area contributed by atoms with Crippen molar-refractivity contribution in [3.8, 4) is 0 Å². The second-order valence-electron chi connectivity index (χ2n) is 6.66. The number of hydrogen-bond acceptors (Lipinski definition) is 3. The molecule has 0 fully saturated rings. The predicted octanol–water partition coefficient (Wildman–Crippen LogP) is 7.98. The Hall–Kier alpha value is -2.39. The molecule has 0 saturated carbocycles. The van der Waals surface area contributed by atoms with Crippen LogP contribution in [0, 0.1) is 0 Å². The van der Waals surface area contributed by atoms with Gasteiger partial charge in [0.05, 0.1) is 0 Å². The van der Waals surface area contributed by atoms with E-state index in [0.717, 1.165) is 45.0 Å². The Morgan fingerprint density at radius 3 is 2.50 bits per heavy atom. The van der Waals surface area contributed by atoms with Crippen molar-refractivity contribution >= 4 is 17.2 Å². The van der Waals surface area contributed by atoms with Crippen LogP contribution in [0.25, 0.3) is 5.57 Å². The smallest absolute Gasteiger partial charge is 0.147 e. The lowest BCUT2D eigenvalue weighted by Gasteiger charge is -2.14. The molecule has 0 spiro atoms. The van der Waals surface area contributed by atoms with E-state index in [1.165, 1.54) is 0 Å². The topological polar surface area (TPSA) is 34.0 Å². The van der Waals surface area contributed by atoms with E-state index in [9.17, 15) is 0 Å². The maximum absolute atomic E-state index is 6.44. The molecule has 0 aliphatic carbocycles. The third-order valence-electron chi connectivity index (χ3n) is 3.85. The number of rotatable bonds is 9. The molecule has 0 saturated heterocycles. The summed E-state index contributed by atoms with van der Waals surface area (Å²) in [7, 11) is 1.65. The van der Waals surface area contributed by atoms with Crippen molar-refractivity contribution in [1.82, 2.24) is 0 Å². The van der Waals surface area contributed by atoms with E-state index in [4.69, 9.17) is 16.3 Å². The van der Waals surface area contributed by atoms with Crippen molar-refractivity contribution in [1.29, 1.82) is 0 Å². The van der Waals surface area contributed by atoms with Crippen molar-refractivity contribution in [3.05, 3.63) is 87.8 Å². The van der Waals surface area contributed by atoms with Crippen LogP contribution in [0.4, 0.5) is 0 Å². The first-order valence-corrected chi connectivity index (χ1v) is 9.81. The summed E-state index contributed by atoms with van der Waals surface area (Å²) < 4.78 is 6.11. The Bertz CT molecular complexity index is 838. The van der Waals surface area contributed by atoms with E-state index in [0.29, 0.717) is 12.4 Å². The summed E-state index contributed by atoms with van der Waals surface area (Å²) in [5.41, 5.74) is 5.78. The number of halogens is 1. The van der Waals surface area contributed by atoms with Gasteiger partial charge in [0.2, 0.25) is 0 Å². The summed E-state index contributed by atoms with van der Waals surface area (Å²) in [6.07, 6.45) is 6.83. The quantitative estimate of drug-likeness (QED) is 0.236. The van der Waals surface area contributed by atoms with Crippen molar-refractivity contribution in [2.75, 3.05) is 7.05 Å². The van der Waals surface area contributed by atoms with Gasteiger partial charge in [0.25, 0.3) is 0 Å². The maximum atomic E-state index is 6.44. The molecule has 0 amide bonds. The van der Waals surface area contributed by atoms with E-state index >= 15 is 0 Å². The van der Waals surface area contributed by atoms with Crippen molar-refractivity contribution in [2.45, 2.75) is 47.6 Å². The molecule has 0 aromatic heterocycles. The first kappa shape index (κ1) is 23.6. The number of allylic oxidation sites excluding steroid dienone is 7. The van der Waals surface area contributed by atoms with E-state index < -0.39 is 0 Å². The molecule has 0 bridgehead atoms. The van der Waals surface area contributed by atoms with Gasteiger partial charge in [-0.25, -0.2) is 0 Å². The van der Waals surface area contributed by atoms with Crippen LogP contribution in [-0.4, -0.2) is 7.05 Å². The van der Waals surface area contributed by atoms with Crippen LogP contribution in [0.15, 0.2) is 86.9 Å². The van der Waals surface area contributed by atoms with Crippen molar-refractivity contribution in [2.24, 2.45) is 10.2 Å². The number of ether oxygens (including phenoxy) is 1. The first-order chi connectivity index (χ1) is 13.3. The number of nitrogens with zero attached hydrogens (tertiary/aromatic N) is 2. The van der Waals surface area contributed by atoms with Crippen LogP contribution in [0.2, 0.25) is 0 Å². The molecular formula is C24H31ClN2O. The first-order valence-electron chi connectivity index (χ1n) is 9.43. The molecule has 4 heteroatoms. The molecule has 0 heterocycles. The highest BCUT2D eigenvalue weighted by atomic mass is 35.5. The second kappa shape index (κ2) is 12.1. The summed E-state index contributed by atoms with van der Waals surface area (Å²) in [6.45, 7) is 14.3. The summed E-state index contributed by atoms with van der Waals surface area (Å²) >= 11 is 6.44. The third kappa shape index (κ3) is 7.32. The Morgan fingerprint density at radius 2 is 1.96 bits per heavy atom. The summed E-state index contributed by atoms with van der Waals surface area (Å²) in [5.74, 6) is 0.665. The largest absolute Gasteiger partial charge is 0.487 e. The van der Waals surface area contributed by atoms with Gasteiger partial charge in [0.15, 0.2) is 0 Å². The molecule has 0 aliphatic heterocycles. The molecule has 150 valence electrons. The average molecular weight is 399 g/mol. The molecule has 3 nitrogen and oxygen atoms in total. The lowest BCUT2D eigenvalue weighted by molar-refractivity contribution is 0.205. The minimum atomic E-state index is 0.412. The van der Waals surface area contributed by atoms with Gasteiger partial charge in [-0.2, -0.15) is 10.2 Å². The lowest BCUT2D eigenvalue weighted by atomic mass is 10.0. The van der Waals surface area contributed by atoms with Gasteiger partial charge in [0, 0.05) is 12.1 Å². The van der Waals surface area contributed by atoms with Crippen LogP contribution in [0.1, 0.15) is 52.2 Å². The Kier molecular flexibility index (Phi) is 10.3. The highest BCUT2D eigenvalue weighted by Gasteiger charge is 2.10. The van der Waals surface area contributed by atoms with Gasteiger partial charge in [-0.1, -0.05) is 61.0 Å². The minimum Gasteiger partial charge on any atom is -0.487 e. The van der Waals surface area contributed by atoms with Gasteiger partial charge in [-0.15, -0.1) is 0 Å². The minimum absolute atomic E-state index is 0.412. The molecule has 0 unspecified atom stereocenters. The fraction of sp³-hybridized carbons (Fsp3) is 0.333. The number of hydrogen-bond donors (Lipinski definition) is 0. The highest BCUT2D eigenvalue weighted by Crippen LogP contribution is 2.28. The third-order valence-corrected chi connectivity index (χ3v) is 4.20. The lowest BCUT2D eigenvalue weighted by Crippen LogP contribution is -1.99. The zero-order valence-corrected chi connectivity index (χ0v) is 18.6. The molecule has 1 aromatic carbocycles. The van der Waals surface area contributed by atoms with Gasteiger partial charge in [-0.3, -0.25) is 0 Å². The summed E-state index contributed by atoms with van der Waals surface area (Å²) in [4.78, 5) is 0. The number of benzene rings is 1. The number of azo groups is 1. The van der Waals surface area contributed by atoms with E-state index in [2.05, 4.69) is 35.9 Å². The van der Waals surface area contributed by atoms with Crippen molar-refractivity contribution in [3.63, 3.8) is 0 Å². The Labute approximate surface area is 174 Å². The molecule has 0 aliphatic rings. The van der Waals surface area contributed by atoms with Crippen LogP contribution in [0.3, 0.4) is 0 Å². The molecule has 1 aromatic rings. The normalized spacial score (nSPS) is 13.0. The van der Waals surface area contributed by atoms with Crippen LogP contribution in [-0.2, 0) is 11.3 Å². The van der Waals surface area contributed by atoms with Gasteiger partial charge in [0.1, 0.15) is 18.1 Å². The Morgan fingerprint density at radius 1 is 1.25 bits per heavy atom. The predicted molar refractivity (Wildman–Crippen MR) is 121 cm³/mol. The zero-order valence-electron chi connectivity index (χ0n) is 17.8. The molecule has 0 radical (unpaired) electrons. The van der Waals surface area contributed by atoms with E-state index in [1.807, 2.05) is 58.1 Å². The standard InChI is InChI=1S/C24H31ClN2O/c1-8-11-22(25)21(9-2)20-13-10-12-19(15-20)16-28-23(14-17(3)4)24(18(5)6)27-26-7/h9-15H,3,8,16H2,1-2,4-7H3/b21-9-,22-11+,23-14+,27-26-. The molecule has 0 atom stereocenters. The fourth-order valence-electron chi connectivity index (χ4n) is 2.62. The summed E-state index contributed by atoms with van der Waals surface area (Å²) in [6, 6.07) is 8.21. The molecule has 0 N–H and O–H groups in total. The van der Waals surface area contributed by atoms with Crippen LogP contribution < -0.4 is 0 Å². The molecule has 1 rings (SSSR count). The average Bonchev–Trinajstić information content (AvgIpc) is 2.64. The SMILES string of the molecule is C=C(C)/C=C(/OCc1cccc(C(=C/C)/C(Cl)=C\CC)c1)C(/N=N\C)=C(C)C. The van der Waals surface area contributed by atoms with E-state index in [-0.39, 0.29) is 0 Å². The Balaban J connectivity index is 3.16. The van der Waals surface area contributed by atoms with E-state index in [1.54, 1.807) is 7.05 Å². The monoisotopic (exact) mass is 398 g/mol. The second-order valence-corrected chi connectivity index (χ2v) is 7.06. The van der Waals surface area contributed by atoms with Crippen molar-refractivity contribution < 1.29 is 4.74 Å². The van der Waals surface area contributed by atoms with Crippen LogP contribution in [0.5, 0.6) is 0 Å². The molecule has 28 heavy (non-hydrogen) atoms. The van der Waals surface area contributed by atoms with Crippen LogP contribution >= 0.6 is 11.6 Å². The maximum Gasteiger partial charge on any atom is 0.147 e. The zero-order chi connectivity index (χ0) is 21.1. The van der Waals surface area contributed by atoms with Gasteiger partial charge < -0.3 is 4.74 Å². The highest BCUT2D eigenvalue weighted by molar-refractivity contribution is 6.36. The van der Waals surface area contributed by atoms with Gasteiger partial charge >= 0.3 is 0 Å². The van der Waals surface area contributed by atoms with Gasteiger partial charge in [-0.05, 0) is 68.5 Å². The fourth-order valence-corrected chi connectivity index (χ4v) is 2.99.